The van der Waals surface area contributed by atoms with Gasteiger partial charge in [0.05, 0.1) is 12.2 Å². The van der Waals surface area contributed by atoms with Gasteiger partial charge in [0.15, 0.2) is 6.10 Å². The van der Waals surface area contributed by atoms with Crippen molar-refractivity contribution < 1.29 is 14.3 Å². The van der Waals surface area contributed by atoms with Crippen molar-refractivity contribution in [2.45, 2.75) is 37.6 Å². The molecule has 2 aliphatic rings. The summed E-state index contributed by atoms with van der Waals surface area (Å²) in [7, 11) is 1.85. The van der Waals surface area contributed by atoms with E-state index in [2.05, 4.69) is 10.4 Å². The highest BCUT2D eigenvalue weighted by molar-refractivity contribution is 6.31. The number of morpholine rings is 1. The quantitative estimate of drug-likeness (QED) is 0.847. The van der Waals surface area contributed by atoms with Gasteiger partial charge in [0.2, 0.25) is 5.91 Å². The topological polar surface area (TPSA) is 76.5 Å². The number of rotatable bonds is 5. The van der Waals surface area contributed by atoms with Crippen LogP contribution in [-0.2, 0) is 27.9 Å². The highest BCUT2D eigenvalue weighted by Gasteiger charge is 2.43. The number of nitrogens with zero attached hydrogens (tertiary/aromatic N) is 3. The number of benzene rings is 1. The normalized spacial score (nSPS) is 22.4. The van der Waals surface area contributed by atoms with Gasteiger partial charge in [0.25, 0.3) is 5.91 Å². The Hall–Kier alpha value is -2.38. The lowest BCUT2D eigenvalue weighted by Gasteiger charge is -2.35. The van der Waals surface area contributed by atoms with E-state index in [4.69, 9.17) is 16.3 Å². The first-order valence-corrected chi connectivity index (χ1v) is 9.34. The summed E-state index contributed by atoms with van der Waals surface area (Å²) in [6.45, 7) is 0.336. The molecule has 1 saturated heterocycles. The third-order valence-electron chi connectivity index (χ3n) is 4.88. The SMILES string of the molecule is Cn1cc(CN(C(=O)[C@H]2OCC(=O)N[C@@H]2c2ccccc2Cl)C2CC2)cn1. The van der Waals surface area contributed by atoms with Crippen LogP contribution < -0.4 is 5.32 Å². The maximum atomic E-state index is 13.4. The van der Waals surface area contributed by atoms with Gasteiger partial charge in [-0.15, -0.1) is 0 Å². The molecule has 0 spiro atoms. The standard InChI is InChI=1S/C19H21ClN4O3/c1-23-9-12(8-21-23)10-24(13-6-7-13)19(26)18-17(22-16(25)11-27-18)14-4-2-3-5-15(14)20/h2-5,8-9,13,17-18H,6-7,10-11H2,1H3,(H,22,25)/t17-,18+/m1/s1. The van der Waals surface area contributed by atoms with Gasteiger partial charge < -0.3 is 15.0 Å². The van der Waals surface area contributed by atoms with Crippen LogP contribution in [0, 0.1) is 0 Å². The summed E-state index contributed by atoms with van der Waals surface area (Å²) in [5.74, 6) is -0.388. The minimum absolute atomic E-state index is 0.133. The molecule has 1 N–H and O–H groups in total. The number of amides is 2. The molecule has 1 saturated carbocycles. The van der Waals surface area contributed by atoms with Crippen molar-refractivity contribution in [3.05, 3.63) is 52.8 Å². The zero-order valence-corrected chi connectivity index (χ0v) is 15.7. The second kappa shape index (κ2) is 7.32. The molecule has 1 aromatic carbocycles. The molecule has 0 bridgehead atoms. The molecule has 2 atom stereocenters. The Kier molecular flexibility index (Phi) is 4.88. The molecule has 2 amide bonds. The first-order chi connectivity index (χ1) is 13.0. The fourth-order valence-electron chi connectivity index (χ4n) is 3.42. The molecule has 2 aromatic rings. The second-order valence-corrected chi connectivity index (χ2v) is 7.43. The van der Waals surface area contributed by atoms with E-state index in [-0.39, 0.29) is 24.5 Å². The van der Waals surface area contributed by atoms with Crippen LogP contribution in [0.3, 0.4) is 0 Å². The average molecular weight is 389 g/mol. The van der Waals surface area contributed by atoms with Gasteiger partial charge in [-0.2, -0.15) is 5.10 Å². The molecular formula is C19H21ClN4O3. The van der Waals surface area contributed by atoms with E-state index in [1.807, 2.05) is 36.3 Å². The van der Waals surface area contributed by atoms with E-state index >= 15 is 0 Å². The summed E-state index contributed by atoms with van der Waals surface area (Å²) in [4.78, 5) is 27.1. The van der Waals surface area contributed by atoms with Gasteiger partial charge in [-0.1, -0.05) is 29.8 Å². The van der Waals surface area contributed by atoms with E-state index in [1.54, 1.807) is 16.9 Å². The van der Waals surface area contributed by atoms with Crippen molar-refractivity contribution in [3.63, 3.8) is 0 Å². The van der Waals surface area contributed by atoms with E-state index in [1.165, 1.54) is 0 Å². The summed E-state index contributed by atoms with van der Waals surface area (Å²) >= 11 is 6.32. The summed E-state index contributed by atoms with van der Waals surface area (Å²) < 4.78 is 7.41. The first kappa shape index (κ1) is 18.0. The Labute approximate surface area is 162 Å². The maximum Gasteiger partial charge on any atom is 0.254 e. The molecular weight excluding hydrogens is 368 g/mol. The van der Waals surface area contributed by atoms with Crippen molar-refractivity contribution >= 4 is 23.4 Å². The minimum atomic E-state index is -0.806. The molecule has 8 heteroatoms. The smallest absolute Gasteiger partial charge is 0.254 e. The number of hydrogen-bond acceptors (Lipinski definition) is 4. The largest absolute Gasteiger partial charge is 0.356 e. The van der Waals surface area contributed by atoms with Crippen LogP contribution in [0.5, 0.6) is 0 Å². The van der Waals surface area contributed by atoms with Crippen molar-refractivity contribution in [1.82, 2.24) is 20.0 Å². The van der Waals surface area contributed by atoms with Crippen LogP contribution in [0.4, 0.5) is 0 Å². The zero-order valence-electron chi connectivity index (χ0n) is 15.0. The Morgan fingerprint density at radius 1 is 1.41 bits per heavy atom. The number of carbonyl (C=O) groups excluding carboxylic acids is 2. The van der Waals surface area contributed by atoms with Gasteiger partial charge in [0, 0.05) is 36.4 Å². The van der Waals surface area contributed by atoms with Gasteiger partial charge in [0.1, 0.15) is 6.61 Å². The van der Waals surface area contributed by atoms with Crippen LogP contribution in [0.2, 0.25) is 5.02 Å². The monoisotopic (exact) mass is 388 g/mol. The Morgan fingerprint density at radius 2 is 2.19 bits per heavy atom. The summed E-state index contributed by atoms with van der Waals surface area (Å²) in [5, 5.41) is 7.55. The zero-order chi connectivity index (χ0) is 19.0. The molecule has 1 aliphatic carbocycles. The molecule has 1 aliphatic heterocycles. The summed E-state index contributed by atoms with van der Waals surface area (Å²) in [5.41, 5.74) is 1.65. The molecule has 0 radical (unpaired) electrons. The lowest BCUT2D eigenvalue weighted by molar-refractivity contribution is -0.156. The van der Waals surface area contributed by atoms with Crippen molar-refractivity contribution in [2.75, 3.05) is 6.61 Å². The lowest BCUT2D eigenvalue weighted by atomic mass is 9.98. The van der Waals surface area contributed by atoms with E-state index < -0.39 is 12.1 Å². The first-order valence-electron chi connectivity index (χ1n) is 8.96. The number of hydrogen-bond donors (Lipinski definition) is 1. The predicted molar refractivity (Wildman–Crippen MR) is 98.9 cm³/mol. The fraction of sp³-hybridized carbons (Fsp3) is 0.421. The Balaban J connectivity index is 1.60. The number of ether oxygens (including phenoxy) is 1. The van der Waals surface area contributed by atoms with Crippen molar-refractivity contribution in [2.24, 2.45) is 7.05 Å². The molecule has 0 unspecified atom stereocenters. The molecule has 1 aromatic heterocycles. The Morgan fingerprint density at radius 3 is 2.85 bits per heavy atom. The maximum absolute atomic E-state index is 13.4. The third-order valence-corrected chi connectivity index (χ3v) is 5.22. The predicted octanol–water partition coefficient (Wildman–Crippen LogP) is 1.82. The van der Waals surface area contributed by atoms with Crippen LogP contribution in [0.15, 0.2) is 36.7 Å². The van der Waals surface area contributed by atoms with Crippen molar-refractivity contribution in [1.29, 1.82) is 0 Å². The molecule has 4 rings (SSSR count). The molecule has 142 valence electrons. The fourth-order valence-corrected chi connectivity index (χ4v) is 3.67. The molecule has 2 heterocycles. The average Bonchev–Trinajstić information content (AvgIpc) is 3.41. The third kappa shape index (κ3) is 3.84. The lowest BCUT2D eigenvalue weighted by Crippen LogP contribution is -2.53. The van der Waals surface area contributed by atoms with E-state index in [0.717, 1.165) is 18.4 Å². The second-order valence-electron chi connectivity index (χ2n) is 7.02. The van der Waals surface area contributed by atoms with Crippen LogP contribution in [0.1, 0.15) is 30.0 Å². The highest BCUT2D eigenvalue weighted by atomic mass is 35.5. The number of aryl methyl sites for hydroxylation is 1. The molecule has 7 nitrogen and oxygen atoms in total. The molecule has 27 heavy (non-hydrogen) atoms. The van der Waals surface area contributed by atoms with Gasteiger partial charge in [-0.3, -0.25) is 14.3 Å². The highest BCUT2D eigenvalue weighted by Crippen LogP contribution is 2.34. The summed E-state index contributed by atoms with van der Waals surface area (Å²) in [6.07, 6.45) is 4.80. The summed E-state index contributed by atoms with van der Waals surface area (Å²) in [6, 6.07) is 6.79. The van der Waals surface area contributed by atoms with Gasteiger partial charge in [-0.05, 0) is 24.5 Å². The van der Waals surface area contributed by atoms with Crippen LogP contribution in [0.25, 0.3) is 0 Å². The number of carbonyl (C=O) groups is 2. The number of halogens is 1. The van der Waals surface area contributed by atoms with Gasteiger partial charge >= 0.3 is 0 Å². The Bertz CT molecular complexity index is 864. The van der Waals surface area contributed by atoms with Crippen LogP contribution >= 0.6 is 11.6 Å². The van der Waals surface area contributed by atoms with E-state index in [9.17, 15) is 9.59 Å². The number of nitrogens with one attached hydrogen (secondary N) is 1. The van der Waals surface area contributed by atoms with Crippen molar-refractivity contribution in [3.8, 4) is 0 Å². The van der Waals surface area contributed by atoms with Gasteiger partial charge in [-0.25, -0.2) is 0 Å². The van der Waals surface area contributed by atoms with E-state index in [0.29, 0.717) is 17.1 Å². The van der Waals surface area contributed by atoms with Crippen LogP contribution in [-0.4, -0.2) is 45.2 Å². The molecule has 2 fully saturated rings. The number of aromatic nitrogens is 2. The minimum Gasteiger partial charge on any atom is -0.356 e.